The number of benzene rings is 1. The first-order valence-corrected chi connectivity index (χ1v) is 6.80. The molecule has 0 amide bonds. The van der Waals surface area contributed by atoms with E-state index < -0.39 is 0 Å². The van der Waals surface area contributed by atoms with E-state index in [1.807, 2.05) is 0 Å². The Bertz CT molecular complexity index is 388. The molecule has 17 heavy (non-hydrogen) atoms. The Morgan fingerprint density at radius 3 is 2.94 bits per heavy atom. The molecule has 1 fully saturated rings. The highest BCUT2D eigenvalue weighted by Gasteiger charge is 2.25. The van der Waals surface area contributed by atoms with Crippen LogP contribution in [0.1, 0.15) is 23.5 Å². The second-order valence-corrected chi connectivity index (χ2v) is 5.68. The average Bonchev–Trinajstić information content (AvgIpc) is 2.71. The zero-order valence-corrected chi connectivity index (χ0v) is 10.7. The minimum absolute atomic E-state index is 0.769. The third-order valence-corrected chi connectivity index (χ3v) is 4.27. The van der Waals surface area contributed by atoms with E-state index in [2.05, 4.69) is 41.5 Å². The molecule has 1 aliphatic carbocycles. The number of likely N-dealkylation sites (tertiary alicyclic amines) is 1. The molecule has 0 bridgehead atoms. The van der Waals surface area contributed by atoms with Crippen molar-refractivity contribution in [2.45, 2.75) is 18.8 Å². The lowest BCUT2D eigenvalue weighted by molar-refractivity contribution is 0.385. The molecular weight excluding hydrogens is 208 g/mol. The van der Waals surface area contributed by atoms with E-state index in [1.165, 1.54) is 32.5 Å². The molecule has 2 atom stereocenters. The number of nitrogens with one attached hydrogen (secondary N) is 1. The number of hydrogen-bond donors (Lipinski definition) is 1. The van der Waals surface area contributed by atoms with Crippen LogP contribution >= 0.6 is 0 Å². The van der Waals surface area contributed by atoms with Gasteiger partial charge in [-0.05, 0) is 50.0 Å². The molecule has 1 saturated heterocycles. The average molecular weight is 230 g/mol. The number of fused-ring (bicyclic) bond motifs is 1. The van der Waals surface area contributed by atoms with Crippen molar-refractivity contribution in [2.24, 2.45) is 5.92 Å². The Balaban J connectivity index is 1.42. The lowest BCUT2D eigenvalue weighted by Gasteiger charge is -2.30. The van der Waals surface area contributed by atoms with Crippen molar-refractivity contribution in [1.29, 1.82) is 0 Å². The Morgan fingerprint density at radius 2 is 2.18 bits per heavy atom. The van der Waals surface area contributed by atoms with Gasteiger partial charge < -0.3 is 10.2 Å². The van der Waals surface area contributed by atoms with Gasteiger partial charge in [-0.1, -0.05) is 24.3 Å². The third-order valence-electron chi connectivity index (χ3n) is 4.27. The first kappa shape index (κ1) is 11.2. The van der Waals surface area contributed by atoms with Crippen LogP contribution in [0.2, 0.25) is 0 Å². The molecule has 0 saturated carbocycles. The predicted octanol–water partition coefficient (Wildman–Crippen LogP) is 1.87. The first-order chi connectivity index (χ1) is 8.33. The number of nitrogens with zero attached hydrogens (tertiary/aromatic N) is 1. The van der Waals surface area contributed by atoms with E-state index in [9.17, 15) is 0 Å². The normalized spacial score (nSPS) is 27.8. The molecule has 0 spiro atoms. The summed E-state index contributed by atoms with van der Waals surface area (Å²) >= 11 is 0. The van der Waals surface area contributed by atoms with Gasteiger partial charge in [0.2, 0.25) is 0 Å². The van der Waals surface area contributed by atoms with Gasteiger partial charge in [0.05, 0.1) is 0 Å². The van der Waals surface area contributed by atoms with Crippen LogP contribution in [0.25, 0.3) is 0 Å². The Kier molecular flexibility index (Phi) is 3.17. The third kappa shape index (κ3) is 2.38. The van der Waals surface area contributed by atoms with Crippen LogP contribution < -0.4 is 5.32 Å². The monoisotopic (exact) mass is 230 g/mol. The van der Waals surface area contributed by atoms with E-state index in [0.717, 1.165) is 18.4 Å². The lowest BCUT2D eigenvalue weighted by atomic mass is 9.77. The van der Waals surface area contributed by atoms with Crippen LogP contribution in [0.4, 0.5) is 0 Å². The van der Waals surface area contributed by atoms with Gasteiger partial charge in [0.15, 0.2) is 0 Å². The van der Waals surface area contributed by atoms with E-state index in [-0.39, 0.29) is 0 Å². The summed E-state index contributed by atoms with van der Waals surface area (Å²) in [5, 5.41) is 3.66. The van der Waals surface area contributed by atoms with Gasteiger partial charge in [0, 0.05) is 19.0 Å². The molecule has 2 nitrogen and oxygen atoms in total. The Morgan fingerprint density at radius 1 is 1.29 bits per heavy atom. The van der Waals surface area contributed by atoms with Crippen molar-refractivity contribution >= 4 is 0 Å². The minimum Gasteiger partial charge on any atom is -0.316 e. The van der Waals surface area contributed by atoms with Crippen molar-refractivity contribution in [3.63, 3.8) is 0 Å². The molecule has 1 N–H and O–H groups in total. The molecule has 1 aromatic rings. The second kappa shape index (κ2) is 4.79. The van der Waals surface area contributed by atoms with Crippen molar-refractivity contribution in [2.75, 3.05) is 33.2 Å². The van der Waals surface area contributed by atoms with Crippen LogP contribution in [-0.4, -0.2) is 38.1 Å². The van der Waals surface area contributed by atoms with Crippen molar-refractivity contribution in [1.82, 2.24) is 10.2 Å². The molecule has 2 heteroatoms. The highest BCUT2D eigenvalue weighted by atomic mass is 15.1. The van der Waals surface area contributed by atoms with Gasteiger partial charge >= 0.3 is 0 Å². The zero-order valence-electron chi connectivity index (χ0n) is 10.7. The SMILES string of the molecule is CN1CCC(CNCC2Cc3ccccc32)C1. The summed E-state index contributed by atoms with van der Waals surface area (Å²) in [5.41, 5.74) is 3.13. The summed E-state index contributed by atoms with van der Waals surface area (Å²) in [7, 11) is 2.22. The maximum Gasteiger partial charge on any atom is 0.00235 e. The largest absolute Gasteiger partial charge is 0.316 e. The van der Waals surface area contributed by atoms with Crippen LogP contribution in [0.15, 0.2) is 24.3 Å². The van der Waals surface area contributed by atoms with Crippen LogP contribution in [0.5, 0.6) is 0 Å². The molecule has 92 valence electrons. The van der Waals surface area contributed by atoms with Gasteiger partial charge in [0.1, 0.15) is 0 Å². The van der Waals surface area contributed by atoms with E-state index >= 15 is 0 Å². The predicted molar refractivity (Wildman–Crippen MR) is 71.4 cm³/mol. The van der Waals surface area contributed by atoms with Crippen LogP contribution in [0.3, 0.4) is 0 Å². The summed E-state index contributed by atoms with van der Waals surface area (Å²) < 4.78 is 0. The van der Waals surface area contributed by atoms with Gasteiger partial charge in [-0.15, -0.1) is 0 Å². The standard InChI is InChI=1S/C15H22N2/c1-17-7-6-12(11-17)9-16-10-14-8-13-4-2-3-5-15(13)14/h2-5,12,14,16H,6-11H2,1H3. The van der Waals surface area contributed by atoms with E-state index in [4.69, 9.17) is 0 Å². The quantitative estimate of drug-likeness (QED) is 0.849. The molecule has 1 aromatic carbocycles. The molecule has 2 unspecified atom stereocenters. The second-order valence-electron chi connectivity index (χ2n) is 5.68. The van der Waals surface area contributed by atoms with Crippen molar-refractivity contribution in [3.8, 4) is 0 Å². The summed E-state index contributed by atoms with van der Waals surface area (Å²) in [6.45, 7) is 4.91. The summed E-state index contributed by atoms with van der Waals surface area (Å²) in [5.74, 6) is 1.64. The molecule has 3 rings (SSSR count). The van der Waals surface area contributed by atoms with E-state index in [1.54, 1.807) is 11.1 Å². The Hall–Kier alpha value is -0.860. The van der Waals surface area contributed by atoms with Crippen molar-refractivity contribution < 1.29 is 0 Å². The molecule has 0 radical (unpaired) electrons. The van der Waals surface area contributed by atoms with Crippen molar-refractivity contribution in [3.05, 3.63) is 35.4 Å². The Labute approximate surface area is 104 Å². The molecular formula is C15H22N2. The van der Waals surface area contributed by atoms with E-state index in [0.29, 0.717) is 0 Å². The summed E-state index contributed by atoms with van der Waals surface area (Å²) in [4.78, 5) is 2.44. The molecule has 2 aliphatic rings. The topological polar surface area (TPSA) is 15.3 Å². The maximum atomic E-state index is 3.66. The number of hydrogen-bond acceptors (Lipinski definition) is 2. The minimum atomic E-state index is 0.769. The number of rotatable bonds is 4. The lowest BCUT2D eigenvalue weighted by Crippen LogP contribution is -2.32. The maximum absolute atomic E-state index is 3.66. The van der Waals surface area contributed by atoms with Crippen LogP contribution in [-0.2, 0) is 6.42 Å². The first-order valence-electron chi connectivity index (χ1n) is 6.80. The molecule has 1 heterocycles. The molecule has 1 aliphatic heterocycles. The van der Waals surface area contributed by atoms with Gasteiger partial charge in [-0.2, -0.15) is 0 Å². The zero-order chi connectivity index (χ0) is 11.7. The smallest absolute Gasteiger partial charge is 0.00235 e. The van der Waals surface area contributed by atoms with Gasteiger partial charge in [-0.25, -0.2) is 0 Å². The summed E-state index contributed by atoms with van der Waals surface area (Å²) in [6.07, 6.45) is 2.64. The fourth-order valence-electron chi connectivity index (χ4n) is 3.20. The van der Waals surface area contributed by atoms with Gasteiger partial charge in [0.25, 0.3) is 0 Å². The van der Waals surface area contributed by atoms with Gasteiger partial charge in [-0.3, -0.25) is 0 Å². The fraction of sp³-hybridized carbons (Fsp3) is 0.600. The molecule has 0 aromatic heterocycles. The highest BCUT2D eigenvalue weighted by molar-refractivity contribution is 5.40. The fourth-order valence-corrected chi connectivity index (χ4v) is 3.20. The van der Waals surface area contributed by atoms with Crippen LogP contribution in [0, 0.1) is 5.92 Å². The highest BCUT2D eigenvalue weighted by Crippen LogP contribution is 2.34. The summed E-state index contributed by atoms with van der Waals surface area (Å²) in [6, 6.07) is 8.86.